The lowest BCUT2D eigenvalue weighted by Crippen LogP contribution is -2.48. The van der Waals surface area contributed by atoms with E-state index in [1.165, 1.54) is 6.07 Å². The number of hydrogen-bond donors (Lipinski definition) is 2. The van der Waals surface area contributed by atoms with Crippen molar-refractivity contribution in [3.05, 3.63) is 44.4 Å². The third-order valence-electron chi connectivity index (χ3n) is 4.02. The van der Waals surface area contributed by atoms with Gasteiger partial charge in [0.1, 0.15) is 5.82 Å². The van der Waals surface area contributed by atoms with Crippen LogP contribution in [0.25, 0.3) is 0 Å². The molecule has 0 radical (unpaired) electrons. The number of carbonyl (C=O) groups is 2. The van der Waals surface area contributed by atoms with Crippen molar-refractivity contribution in [2.75, 3.05) is 0 Å². The zero-order valence-electron chi connectivity index (χ0n) is 12.3. The van der Waals surface area contributed by atoms with Crippen LogP contribution in [-0.2, 0) is 4.79 Å². The van der Waals surface area contributed by atoms with E-state index in [9.17, 15) is 14.0 Å². The summed E-state index contributed by atoms with van der Waals surface area (Å²) in [6.07, 6.45) is 0.995. The fourth-order valence-electron chi connectivity index (χ4n) is 3.13. The molecule has 3 rings (SSSR count). The van der Waals surface area contributed by atoms with E-state index in [2.05, 4.69) is 33.2 Å². The first kappa shape index (κ1) is 15.5. The number of nitrogens with one attached hydrogen (secondary N) is 2. The number of amides is 2. The molecule has 0 saturated heterocycles. The van der Waals surface area contributed by atoms with Crippen LogP contribution in [0, 0.1) is 14.8 Å². The summed E-state index contributed by atoms with van der Waals surface area (Å²) in [7, 11) is 0. The van der Waals surface area contributed by atoms with E-state index >= 15 is 0 Å². The van der Waals surface area contributed by atoms with Crippen molar-refractivity contribution in [2.45, 2.75) is 32.7 Å². The van der Waals surface area contributed by atoms with Gasteiger partial charge in [-0.3, -0.25) is 4.79 Å². The minimum absolute atomic E-state index is 0.0398. The second-order valence-corrected chi connectivity index (χ2v) is 7.78. The Kier molecular flexibility index (Phi) is 3.74. The van der Waals surface area contributed by atoms with Crippen LogP contribution in [0.5, 0.6) is 0 Å². The molecular formula is C16H16FIN2O2. The van der Waals surface area contributed by atoms with Gasteiger partial charge in [-0.2, -0.15) is 0 Å². The molecule has 116 valence electrons. The van der Waals surface area contributed by atoms with E-state index in [1.807, 2.05) is 13.8 Å². The molecule has 2 N–H and O–H groups in total. The van der Waals surface area contributed by atoms with Crippen molar-refractivity contribution in [2.24, 2.45) is 5.41 Å². The predicted molar refractivity (Wildman–Crippen MR) is 88.6 cm³/mol. The van der Waals surface area contributed by atoms with Crippen molar-refractivity contribution >= 4 is 34.4 Å². The fraction of sp³-hybridized carbons (Fsp3) is 0.375. The molecular weight excluding hydrogens is 398 g/mol. The number of hydrogen-bond acceptors (Lipinski definition) is 2. The van der Waals surface area contributed by atoms with Crippen molar-refractivity contribution < 1.29 is 14.0 Å². The van der Waals surface area contributed by atoms with Gasteiger partial charge < -0.3 is 10.6 Å². The van der Waals surface area contributed by atoms with Crippen LogP contribution < -0.4 is 10.6 Å². The van der Waals surface area contributed by atoms with Gasteiger partial charge in [-0.15, -0.1) is 0 Å². The first-order valence-corrected chi connectivity index (χ1v) is 8.13. The summed E-state index contributed by atoms with van der Waals surface area (Å²) in [6.45, 7) is 3.98. The van der Waals surface area contributed by atoms with E-state index in [-0.39, 0.29) is 11.2 Å². The van der Waals surface area contributed by atoms with Crippen LogP contribution in [0.4, 0.5) is 9.18 Å². The lowest BCUT2D eigenvalue weighted by atomic mass is 9.73. The number of rotatable bonds is 1. The Labute approximate surface area is 141 Å². The van der Waals surface area contributed by atoms with Crippen LogP contribution in [0.2, 0.25) is 0 Å². The Morgan fingerprint density at radius 1 is 1.27 bits per heavy atom. The number of Topliss-reactive ketones (excluding diaryl/α,β-unsaturated/α-hetero) is 1. The molecule has 22 heavy (non-hydrogen) atoms. The SMILES string of the molecule is CC1(C)CC(=O)C2=C(C1)NC(=O)N[C@H]2c1cc(I)ccc1F. The van der Waals surface area contributed by atoms with E-state index in [1.54, 1.807) is 12.1 Å². The molecule has 0 saturated carbocycles. The number of ketones is 1. The van der Waals surface area contributed by atoms with Gasteiger partial charge in [-0.1, -0.05) is 13.8 Å². The monoisotopic (exact) mass is 414 g/mol. The summed E-state index contributed by atoms with van der Waals surface area (Å²) in [5, 5.41) is 5.41. The van der Waals surface area contributed by atoms with Gasteiger partial charge in [0.15, 0.2) is 5.78 Å². The van der Waals surface area contributed by atoms with E-state index in [0.29, 0.717) is 29.7 Å². The number of allylic oxidation sites excluding steroid dienone is 1. The molecule has 1 heterocycles. The first-order chi connectivity index (χ1) is 10.3. The maximum absolute atomic E-state index is 14.2. The van der Waals surface area contributed by atoms with Crippen molar-refractivity contribution in [3.8, 4) is 0 Å². The standard InChI is InChI=1S/C16H16FIN2O2/c1-16(2)6-11-13(12(21)7-16)14(20-15(22)19-11)9-5-8(18)3-4-10(9)17/h3-5,14H,6-7H2,1-2H3,(H2,19,20,22)/t14-/m0/s1. The highest BCUT2D eigenvalue weighted by Gasteiger charge is 2.41. The molecule has 4 nitrogen and oxygen atoms in total. The average Bonchev–Trinajstić information content (AvgIpc) is 2.38. The highest BCUT2D eigenvalue weighted by molar-refractivity contribution is 14.1. The summed E-state index contributed by atoms with van der Waals surface area (Å²) in [6, 6.07) is 3.57. The highest BCUT2D eigenvalue weighted by atomic mass is 127. The highest BCUT2D eigenvalue weighted by Crippen LogP contribution is 2.41. The molecule has 1 aliphatic carbocycles. The van der Waals surface area contributed by atoms with Crippen LogP contribution in [-0.4, -0.2) is 11.8 Å². The zero-order valence-corrected chi connectivity index (χ0v) is 14.5. The van der Waals surface area contributed by atoms with Crippen LogP contribution >= 0.6 is 22.6 Å². The number of benzene rings is 1. The number of carbonyl (C=O) groups excluding carboxylic acids is 2. The Hall–Kier alpha value is -1.44. The molecule has 1 atom stereocenters. The summed E-state index contributed by atoms with van der Waals surface area (Å²) < 4.78 is 15.1. The predicted octanol–water partition coefficient (Wildman–Crippen LogP) is 3.43. The Morgan fingerprint density at radius 3 is 2.73 bits per heavy atom. The number of halogens is 2. The van der Waals surface area contributed by atoms with E-state index < -0.39 is 17.9 Å². The van der Waals surface area contributed by atoms with Crippen molar-refractivity contribution in [1.82, 2.24) is 10.6 Å². The van der Waals surface area contributed by atoms with Crippen LogP contribution in [0.15, 0.2) is 29.5 Å². The lowest BCUT2D eigenvalue weighted by Gasteiger charge is -2.38. The Morgan fingerprint density at radius 2 is 2.00 bits per heavy atom. The topological polar surface area (TPSA) is 58.2 Å². The Bertz CT molecular complexity index is 712. The summed E-state index contributed by atoms with van der Waals surface area (Å²) in [5.41, 5.74) is 1.24. The molecule has 6 heteroatoms. The lowest BCUT2D eigenvalue weighted by molar-refractivity contribution is -0.118. The van der Waals surface area contributed by atoms with E-state index in [0.717, 1.165) is 3.57 Å². The number of urea groups is 1. The van der Waals surface area contributed by atoms with Crippen LogP contribution in [0.3, 0.4) is 0 Å². The van der Waals surface area contributed by atoms with Gasteiger partial charge in [0.05, 0.1) is 6.04 Å². The van der Waals surface area contributed by atoms with Gasteiger partial charge in [-0.25, -0.2) is 9.18 Å². The minimum Gasteiger partial charge on any atom is -0.327 e. The summed E-state index contributed by atoms with van der Waals surface area (Å²) >= 11 is 2.09. The van der Waals surface area contributed by atoms with Gasteiger partial charge >= 0.3 is 6.03 Å². The first-order valence-electron chi connectivity index (χ1n) is 7.05. The summed E-state index contributed by atoms with van der Waals surface area (Å²) in [4.78, 5) is 24.5. The quantitative estimate of drug-likeness (QED) is 0.692. The maximum atomic E-state index is 14.2. The molecule has 0 fully saturated rings. The zero-order chi connectivity index (χ0) is 16.1. The molecule has 2 aliphatic rings. The average molecular weight is 414 g/mol. The van der Waals surface area contributed by atoms with Crippen molar-refractivity contribution in [3.63, 3.8) is 0 Å². The van der Waals surface area contributed by atoms with Gasteiger partial charge in [0.2, 0.25) is 0 Å². The fourth-order valence-corrected chi connectivity index (χ4v) is 3.64. The Balaban J connectivity index is 2.13. The summed E-state index contributed by atoms with van der Waals surface area (Å²) in [5.74, 6) is -0.459. The largest absolute Gasteiger partial charge is 0.327 e. The molecule has 1 aliphatic heterocycles. The molecule has 0 spiro atoms. The molecule has 1 aromatic rings. The maximum Gasteiger partial charge on any atom is 0.319 e. The van der Waals surface area contributed by atoms with E-state index in [4.69, 9.17) is 0 Å². The van der Waals surface area contributed by atoms with Crippen LogP contribution in [0.1, 0.15) is 38.3 Å². The molecule has 0 bridgehead atoms. The third-order valence-corrected chi connectivity index (χ3v) is 4.69. The molecule has 0 aromatic heterocycles. The normalized spacial score (nSPS) is 23.7. The molecule has 2 amide bonds. The smallest absolute Gasteiger partial charge is 0.319 e. The third kappa shape index (κ3) is 2.76. The minimum atomic E-state index is -0.720. The molecule has 0 unspecified atom stereocenters. The van der Waals surface area contributed by atoms with Crippen molar-refractivity contribution in [1.29, 1.82) is 0 Å². The van der Waals surface area contributed by atoms with Gasteiger partial charge in [0.25, 0.3) is 0 Å². The van der Waals surface area contributed by atoms with Gasteiger partial charge in [-0.05, 0) is 52.6 Å². The molecule has 1 aromatic carbocycles. The second-order valence-electron chi connectivity index (χ2n) is 6.53. The second kappa shape index (κ2) is 5.33. The van der Waals surface area contributed by atoms with Gasteiger partial charge in [0, 0.05) is 26.8 Å².